The summed E-state index contributed by atoms with van der Waals surface area (Å²) in [6, 6.07) is 14.2. The molecule has 0 spiro atoms. The molecule has 0 aliphatic carbocycles. The third-order valence-electron chi connectivity index (χ3n) is 4.95. The standard InChI is InChI=1S/C22H25N5O3S/c1-4-15(3)23-21(28)17-12-10-16(11-13-17)14-31-22-25-24-20(26(22)5-2)18-8-6-7-9-19(18)27(29)30/h6-13,15H,4-5,14H2,1-3H3,(H,23,28). The predicted octanol–water partition coefficient (Wildman–Crippen LogP) is 4.69. The van der Waals surface area contributed by atoms with Gasteiger partial charge in [0.25, 0.3) is 11.6 Å². The maximum atomic E-state index is 12.2. The first kappa shape index (κ1) is 22.5. The topological polar surface area (TPSA) is 103 Å². The van der Waals surface area contributed by atoms with Gasteiger partial charge in [-0.3, -0.25) is 14.9 Å². The van der Waals surface area contributed by atoms with Crippen LogP contribution in [0.4, 0.5) is 5.69 Å². The third-order valence-corrected chi connectivity index (χ3v) is 5.99. The second-order valence-electron chi connectivity index (χ2n) is 7.09. The fourth-order valence-corrected chi connectivity index (χ4v) is 3.97. The van der Waals surface area contributed by atoms with Crippen molar-refractivity contribution >= 4 is 23.4 Å². The normalized spacial score (nSPS) is 11.8. The molecule has 1 aromatic heterocycles. The van der Waals surface area contributed by atoms with Gasteiger partial charge in [0.15, 0.2) is 11.0 Å². The summed E-state index contributed by atoms with van der Waals surface area (Å²) in [6.45, 7) is 6.55. The lowest BCUT2D eigenvalue weighted by atomic mass is 10.1. The number of hydrogen-bond acceptors (Lipinski definition) is 6. The highest BCUT2D eigenvalue weighted by Crippen LogP contribution is 2.31. The van der Waals surface area contributed by atoms with Crippen molar-refractivity contribution in [2.75, 3.05) is 0 Å². The number of rotatable bonds is 9. The Morgan fingerprint density at radius 1 is 1.16 bits per heavy atom. The van der Waals surface area contributed by atoms with Crippen LogP contribution in [0, 0.1) is 10.1 Å². The molecular weight excluding hydrogens is 414 g/mol. The van der Waals surface area contributed by atoms with Gasteiger partial charge in [-0.25, -0.2) is 0 Å². The first-order valence-electron chi connectivity index (χ1n) is 10.1. The monoisotopic (exact) mass is 439 g/mol. The summed E-state index contributed by atoms with van der Waals surface area (Å²) in [4.78, 5) is 23.2. The molecule has 1 unspecified atom stereocenters. The predicted molar refractivity (Wildman–Crippen MR) is 121 cm³/mol. The highest BCUT2D eigenvalue weighted by Gasteiger charge is 2.21. The zero-order valence-corrected chi connectivity index (χ0v) is 18.6. The number of nitrogens with zero attached hydrogens (tertiary/aromatic N) is 4. The Balaban J connectivity index is 1.73. The number of carbonyl (C=O) groups is 1. The Bertz CT molecular complexity index is 1070. The highest BCUT2D eigenvalue weighted by atomic mass is 32.2. The lowest BCUT2D eigenvalue weighted by molar-refractivity contribution is -0.384. The van der Waals surface area contributed by atoms with Crippen LogP contribution in [-0.4, -0.2) is 31.6 Å². The number of benzene rings is 2. The van der Waals surface area contributed by atoms with Crippen LogP contribution in [0.5, 0.6) is 0 Å². The summed E-state index contributed by atoms with van der Waals surface area (Å²) >= 11 is 1.50. The molecule has 0 bridgehead atoms. The van der Waals surface area contributed by atoms with E-state index in [-0.39, 0.29) is 17.6 Å². The van der Waals surface area contributed by atoms with Crippen molar-refractivity contribution in [2.45, 2.75) is 50.7 Å². The Kier molecular flexibility index (Phi) is 7.41. The molecule has 0 saturated heterocycles. The summed E-state index contributed by atoms with van der Waals surface area (Å²) in [5.74, 6) is 1.05. The smallest absolute Gasteiger partial charge is 0.280 e. The number of amides is 1. The molecule has 3 rings (SSSR count). The van der Waals surface area contributed by atoms with Crippen molar-refractivity contribution in [1.29, 1.82) is 0 Å². The van der Waals surface area contributed by atoms with Crippen LogP contribution in [0.3, 0.4) is 0 Å². The molecule has 0 radical (unpaired) electrons. The molecule has 8 nitrogen and oxygen atoms in total. The summed E-state index contributed by atoms with van der Waals surface area (Å²) in [5.41, 5.74) is 2.13. The SMILES string of the molecule is CCC(C)NC(=O)c1ccc(CSc2nnc(-c3ccccc3[N+](=O)[O-])n2CC)cc1. The van der Waals surface area contributed by atoms with Gasteiger partial charge >= 0.3 is 0 Å². The van der Waals surface area contributed by atoms with E-state index in [0.29, 0.717) is 34.4 Å². The van der Waals surface area contributed by atoms with E-state index in [1.54, 1.807) is 18.2 Å². The van der Waals surface area contributed by atoms with E-state index in [1.807, 2.05) is 49.6 Å². The average Bonchev–Trinajstić information content (AvgIpc) is 3.20. The molecule has 31 heavy (non-hydrogen) atoms. The third kappa shape index (κ3) is 5.29. The number of thioether (sulfide) groups is 1. The Labute approximate surface area is 185 Å². The van der Waals surface area contributed by atoms with Crippen LogP contribution in [0.2, 0.25) is 0 Å². The van der Waals surface area contributed by atoms with Crippen molar-refractivity contribution in [3.05, 3.63) is 69.8 Å². The number of carbonyl (C=O) groups excluding carboxylic acids is 1. The summed E-state index contributed by atoms with van der Waals surface area (Å²) in [7, 11) is 0. The lowest BCUT2D eigenvalue weighted by Crippen LogP contribution is -2.31. The van der Waals surface area contributed by atoms with Gasteiger partial charge in [0.1, 0.15) is 0 Å². The lowest BCUT2D eigenvalue weighted by Gasteiger charge is -2.11. The summed E-state index contributed by atoms with van der Waals surface area (Å²) < 4.78 is 1.88. The largest absolute Gasteiger partial charge is 0.350 e. The van der Waals surface area contributed by atoms with Gasteiger partial charge in [0.05, 0.1) is 10.5 Å². The maximum absolute atomic E-state index is 12.2. The Morgan fingerprint density at radius 3 is 2.52 bits per heavy atom. The molecule has 3 aromatic rings. The zero-order chi connectivity index (χ0) is 22.4. The van der Waals surface area contributed by atoms with Crippen molar-refractivity contribution in [2.24, 2.45) is 0 Å². The molecule has 1 N–H and O–H groups in total. The van der Waals surface area contributed by atoms with E-state index >= 15 is 0 Å². The number of nitro groups is 1. The van der Waals surface area contributed by atoms with Crippen LogP contribution in [0.25, 0.3) is 11.4 Å². The fraction of sp³-hybridized carbons (Fsp3) is 0.318. The van der Waals surface area contributed by atoms with E-state index in [0.717, 1.165) is 12.0 Å². The Morgan fingerprint density at radius 2 is 1.87 bits per heavy atom. The number of para-hydroxylation sites is 1. The molecule has 9 heteroatoms. The van der Waals surface area contributed by atoms with Gasteiger partial charge < -0.3 is 9.88 Å². The van der Waals surface area contributed by atoms with Gasteiger partial charge in [-0.15, -0.1) is 10.2 Å². The quantitative estimate of drug-likeness (QED) is 0.295. The van der Waals surface area contributed by atoms with Crippen molar-refractivity contribution < 1.29 is 9.72 Å². The van der Waals surface area contributed by atoms with Crippen LogP contribution < -0.4 is 5.32 Å². The molecule has 1 atom stereocenters. The second kappa shape index (κ2) is 10.2. The van der Waals surface area contributed by atoms with Crippen LogP contribution in [0.15, 0.2) is 53.7 Å². The second-order valence-corrected chi connectivity index (χ2v) is 8.04. The van der Waals surface area contributed by atoms with Crippen LogP contribution >= 0.6 is 11.8 Å². The first-order chi connectivity index (χ1) is 14.9. The van der Waals surface area contributed by atoms with Gasteiger partial charge in [-0.2, -0.15) is 0 Å². The molecular formula is C22H25N5O3S. The minimum atomic E-state index is -0.407. The Hall–Kier alpha value is -3.20. The van der Waals surface area contributed by atoms with E-state index < -0.39 is 4.92 Å². The number of nitrogens with one attached hydrogen (secondary N) is 1. The molecule has 0 aliphatic heterocycles. The molecule has 1 heterocycles. The van der Waals surface area contributed by atoms with Gasteiger partial charge in [-0.1, -0.05) is 43.0 Å². The molecule has 162 valence electrons. The maximum Gasteiger partial charge on any atom is 0.280 e. The molecule has 0 aliphatic rings. The van der Waals surface area contributed by atoms with Gasteiger partial charge in [-0.05, 0) is 44.0 Å². The van der Waals surface area contributed by atoms with Crippen molar-refractivity contribution in [3.8, 4) is 11.4 Å². The molecule has 0 saturated carbocycles. The summed E-state index contributed by atoms with van der Waals surface area (Å²) in [6.07, 6.45) is 0.882. The average molecular weight is 440 g/mol. The molecule has 0 fully saturated rings. The highest BCUT2D eigenvalue weighted by molar-refractivity contribution is 7.98. The summed E-state index contributed by atoms with van der Waals surface area (Å²) in [5, 5.41) is 23.5. The number of nitro benzene ring substituents is 1. The molecule has 2 aromatic carbocycles. The zero-order valence-electron chi connectivity index (χ0n) is 17.7. The van der Waals surface area contributed by atoms with E-state index in [1.165, 1.54) is 17.8 Å². The fourth-order valence-electron chi connectivity index (χ4n) is 3.01. The first-order valence-corrected chi connectivity index (χ1v) is 11.1. The van der Waals surface area contributed by atoms with Gasteiger partial charge in [0, 0.05) is 30.0 Å². The number of hydrogen-bond donors (Lipinski definition) is 1. The minimum Gasteiger partial charge on any atom is -0.350 e. The minimum absolute atomic E-state index is 0.00686. The number of aromatic nitrogens is 3. The van der Waals surface area contributed by atoms with E-state index in [4.69, 9.17) is 0 Å². The molecule has 1 amide bonds. The van der Waals surface area contributed by atoms with E-state index in [2.05, 4.69) is 15.5 Å². The van der Waals surface area contributed by atoms with Crippen molar-refractivity contribution in [3.63, 3.8) is 0 Å². The van der Waals surface area contributed by atoms with Crippen LogP contribution in [-0.2, 0) is 12.3 Å². The van der Waals surface area contributed by atoms with Crippen molar-refractivity contribution in [1.82, 2.24) is 20.1 Å². The van der Waals surface area contributed by atoms with Crippen LogP contribution in [0.1, 0.15) is 43.1 Å². The van der Waals surface area contributed by atoms with E-state index in [9.17, 15) is 14.9 Å². The van der Waals surface area contributed by atoms with Gasteiger partial charge in [0.2, 0.25) is 0 Å².